The predicted octanol–water partition coefficient (Wildman–Crippen LogP) is 6.53. The summed E-state index contributed by atoms with van der Waals surface area (Å²) < 4.78 is 43.8. The maximum atomic E-state index is 13.7. The Hall–Kier alpha value is -2.75. The average molecular weight is 515 g/mol. The maximum Gasteiger partial charge on any atom is 0.417 e. The zero-order valence-corrected chi connectivity index (χ0v) is 20.8. The number of carbonyl (C=O) groups is 1. The molecule has 1 fully saturated rings. The van der Waals surface area contributed by atoms with E-state index in [0.29, 0.717) is 22.5 Å². The second-order valence-corrected chi connectivity index (χ2v) is 10.4. The maximum absolute atomic E-state index is 13.7. The lowest BCUT2D eigenvalue weighted by Gasteiger charge is -2.26. The van der Waals surface area contributed by atoms with Crippen LogP contribution in [0.4, 0.5) is 13.2 Å². The van der Waals surface area contributed by atoms with Crippen LogP contribution in [-0.4, -0.2) is 39.7 Å². The van der Waals surface area contributed by atoms with Gasteiger partial charge in [0.2, 0.25) is 0 Å². The van der Waals surface area contributed by atoms with Crippen LogP contribution < -0.4 is 5.73 Å². The van der Waals surface area contributed by atoms with Gasteiger partial charge in [-0.3, -0.25) is 9.20 Å². The number of nitrogens with zero attached hydrogens (tertiary/aromatic N) is 3. The van der Waals surface area contributed by atoms with E-state index in [1.807, 2.05) is 12.1 Å². The molecule has 5 rings (SSSR count). The van der Waals surface area contributed by atoms with Crippen LogP contribution in [0.3, 0.4) is 0 Å². The number of carbonyl (C=O) groups excluding carboxylic acids is 1. The first-order valence-electron chi connectivity index (χ1n) is 12.4. The van der Waals surface area contributed by atoms with Crippen LogP contribution in [0.2, 0.25) is 0 Å². The fourth-order valence-electron chi connectivity index (χ4n) is 4.93. The summed E-state index contributed by atoms with van der Waals surface area (Å²) >= 11 is 1.37. The molecule has 2 aromatic heterocycles. The first-order chi connectivity index (χ1) is 17.3. The number of hydrogen-bond acceptors (Lipinski definition) is 5. The van der Waals surface area contributed by atoms with Gasteiger partial charge in [-0.2, -0.15) is 13.2 Å². The number of benzene rings is 2. The van der Waals surface area contributed by atoms with Crippen LogP contribution in [-0.2, 0) is 12.7 Å². The van der Waals surface area contributed by atoms with Crippen LogP contribution in [0.1, 0.15) is 60.0 Å². The minimum absolute atomic E-state index is 0.0279. The number of likely N-dealkylation sites (tertiary alicyclic amines) is 1. The monoisotopic (exact) mass is 514 g/mol. The topological polar surface area (TPSA) is 63.6 Å². The number of halogens is 3. The molecule has 5 nitrogen and oxygen atoms in total. The molecule has 1 saturated heterocycles. The third kappa shape index (κ3) is 5.19. The van der Waals surface area contributed by atoms with E-state index in [4.69, 9.17) is 5.73 Å². The number of ketones is 1. The SMILES string of the molecule is NCc1ccc(-c2cn3c(n2)sc2cc(C(=O)CCCCN4CCCCC4)ccc23)c(C(F)(F)F)c1. The van der Waals surface area contributed by atoms with E-state index in [2.05, 4.69) is 9.88 Å². The van der Waals surface area contributed by atoms with Crippen molar-refractivity contribution in [2.75, 3.05) is 19.6 Å². The molecule has 0 radical (unpaired) electrons. The lowest BCUT2D eigenvalue weighted by Crippen LogP contribution is -2.30. The third-order valence-corrected chi connectivity index (χ3v) is 7.91. The largest absolute Gasteiger partial charge is 0.417 e. The summed E-state index contributed by atoms with van der Waals surface area (Å²) in [6.07, 6.45) is 3.40. The van der Waals surface area contributed by atoms with Crippen LogP contribution in [0.25, 0.3) is 26.4 Å². The first kappa shape index (κ1) is 24.9. The highest BCUT2D eigenvalue weighted by atomic mass is 32.1. The number of unbranched alkanes of at least 4 members (excludes halogenated alkanes) is 1. The zero-order valence-electron chi connectivity index (χ0n) is 20.0. The fourth-order valence-corrected chi connectivity index (χ4v) is 5.98. The number of piperidine rings is 1. The van der Waals surface area contributed by atoms with Crippen LogP contribution in [0.5, 0.6) is 0 Å². The molecule has 0 saturated carbocycles. The number of thiazole rings is 1. The van der Waals surface area contributed by atoms with Crippen LogP contribution in [0, 0.1) is 0 Å². The van der Waals surface area contributed by atoms with Crippen molar-refractivity contribution in [3.63, 3.8) is 0 Å². The van der Waals surface area contributed by atoms with Crippen molar-refractivity contribution in [2.24, 2.45) is 5.73 Å². The quantitative estimate of drug-likeness (QED) is 0.214. The minimum Gasteiger partial charge on any atom is -0.326 e. The van der Waals surface area contributed by atoms with E-state index in [1.165, 1.54) is 49.8 Å². The first-order valence-corrected chi connectivity index (χ1v) is 13.2. The Morgan fingerprint density at radius 3 is 2.61 bits per heavy atom. The highest BCUT2D eigenvalue weighted by Gasteiger charge is 2.34. The molecule has 36 heavy (non-hydrogen) atoms. The molecule has 0 amide bonds. The van der Waals surface area contributed by atoms with Crippen molar-refractivity contribution in [3.05, 3.63) is 59.3 Å². The number of imidazole rings is 1. The van der Waals surface area contributed by atoms with Gasteiger partial charge in [-0.1, -0.05) is 29.9 Å². The van der Waals surface area contributed by atoms with Crippen molar-refractivity contribution in [3.8, 4) is 11.3 Å². The summed E-state index contributed by atoms with van der Waals surface area (Å²) in [5.74, 6) is 0.122. The molecule has 0 atom stereocenters. The molecule has 1 aliphatic rings. The van der Waals surface area contributed by atoms with Crippen LogP contribution in [0.15, 0.2) is 42.6 Å². The summed E-state index contributed by atoms with van der Waals surface area (Å²) in [5, 5.41) is 0. The van der Waals surface area contributed by atoms with Crippen molar-refractivity contribution >= 4 is 32.3 Å². The molecule has 0 unspecified atom stereocenters. The van der Waals surface area contributed by atoms with Gasteiger partial charge in [-0.15, -0.1) is 0 Å². The summed E-state index contributed by atoms with van der Waals surface area (Å²) in [6.45, 7) is 3.43. The third-order valence-electron chi connectivity index (χ3n) is 6.89. The van der Waals surface area contributed by atoms with E-state index in [1.54, 1.807) is 22.7 Å². The molecule has 9 heteroatoms. The molecule has 3 heterocycles. The number of rotatable bonds is 8. The molecular formula is C27H29F3N4OS. The summed E-state index contributed by atoms with van der Waals surface area (Å²) in [7, 11) is 0. The molecule has 0 aliphatic carbocycles. The Labute approximate surface area is 211 Å². The Kier molecular flexibility index (Phi) is 7.14. The smallest absolute Gasteiger partial charge is 0.326 e. The summed E-state index contributed by atoms with van der Waals surface area (Å²) in [6, 6.07) is 9.65. The van der Waals surface area contributed by atoms with Gasteiger partial charge in [0.1, 0.15) is 0 Å². The standard InChI is InChI=1S/C27H29F3N4OS/c28-27(29,30)21-14-18(16-31)7-9-20(21)22-17-34-23-10-8-19(15-25(23)36-26(34)32-22)24(35)6-2-5-13-33-11-3-1-4-12-33/h7-10,14-15,17H,1-6,11-13,16,31H2. The molecule has 2 N–H and O–H groups in total. The highest BCUT2D eigenvalue weighted by Crippen LogP contribution is 2.38. The molecule has 0 spiro atoms. The predicted molar refractivity (Wildman–Crippen MR) is 137 cm³/mol. The number of aromatic nitrogens is 2. The zero-order chi connectivity index (χ0) is 25.3. The van der Waals surface area contributed by atoms with Gasteiger partial charge >= 0.3 is 6.18 Å². The lowest BCUT2D eigenvalue weighted by atomic mass is 10.0. The molecule has 4 aromatic rings. The van der Waals surface area contributed by atoms with Crippen molar-refractivity contribution < 1.29 is 18.0 Å². The number of hydrogen-bond donors (Lipinski definition) is 1. The Bertz CT molecular complexity index is 1390. The number of fused-ring (bicyclic) bond motifs is 3. The van der Waals surface area contributed by atoms with Crippen molar-refractivity contribution in [1.29, 1.82) is 0 Å². The van der Waals surface area contributed by atoms with Gasteiger partial charge in [0.25, 0.3) is 0 Å². The number of nitrogens with two attached hydrogens (primary N) is 1. The van der Waals surface area contributed by atoms with Gasteiger partial charge in [0, 0.05) is 30.3 Å². The molecular weight excluding hydrogens is 485 g/mol. The van der Waals surface area contributed by atoms with E-state index in [-0.39, 0.29) is 23.6 Å². The lowest BCUT2D eigenvalue weighted by molar-refractivity contribution is -0.137. The highest BCUT2D eigenvalue weighted by molar-refractivity contribution is 7.23. The second-order valence-electron chi connectivity index (χ2n) is 9.43. The fraction of sp³-hybridized carbons (Fsp3) is 0.407. The number of alkyl halides is 3. The van der Waals surface area contributed by atoms with Crippen LogP contribution >= 0.6 is 11.3 Å². The summed E-state index contributed by atoms with van der Waals surface area (Å²) in [5.41, 5.74) is 7.00. The molecule has 2 aromatic carbocycles. The molecule has 190 valence electrons. The van der Waals surface area contributed by atoms with Crippen molar-refractivity contribution in [2.45, 2.75) is 51.2 Å². The van der Waals surface area contributed by atoms with Gasteiger partial charge in [-0.25, -0.2) is 4.98 Å². The Morgan fingerprint density at radius 2 is 1.86 bits per heavy atom. The van der Waals surface area contributed by atoms with E-state index in [9.17, 15) is 18.0 Å². The normalized spacial score (nSPS) is 15.2. The van der Waals surface area contributed by atoms with E-state index >= 15 is 0 Å². The van der Waals surface area contributed by atoms with E-state index < -0.39 is 11.7 Å². The van der Waals surface area contributed by atoms with Gasteiger partial charge in [0.15, 0.2) is 10.7 Å². The van der Waals surface area contributed by atoms with Gasteiger partial charge < -0.3 is 10.6 Å². The van der Waals surface area contributed by atoms with E-state index in [0.717, 1.165) is 35.7 Å². The number of Topliss-reactive ketones (excluding diaryl/α,β-unsaturated/α-hetero) is 1. The summed E-state index contributed by atoms with van der Waals surface area (Å²) in [4.78, 5) is 20.3. The molecule has 1 aliphatic heterocycles. The second kappa shape index (κ2) is 10.3. The Morgan fingerprint density at radius 1 is 1.06 bits per heavy atom. The average Bonchev–Trinajstić information content (AvgIpc) is 3.44. The Balaban J connectivity index is 1.33. The minimum atomic E-state index is -4.51. The van der Waals surface area contributed by atoms with Gasteiger partial charge in [0.05, 0.1) is 21.5 Å². The van der Waals surface area contributed by atoms with Crippen molar-refractivity contribution in [1.82, 2.24) is 14.3 Å². The van der Waals surface area contributed by atoms with Gasteiger partial charge in [-0.05, 0) is 75.1 Å². The molecule has 0 bridgehead atoms.